The molecule has 0 saturated carbocycles. The Kier molecular flexibility index (Phi) is 6.36. The van der Waals surface area contributed by atoms with Crippen LogP contribution in [0.4, 0.5) is 4.39 Å². The maximum Gasteiger partial charge on any atom is 0.337 e. The van der Waals surface area contributed by atoms with Gasteiger partial charge in [0, 0.05) is 17.3 Å². The van der Waals surface area contributed by atoms with Gasteiger partial charge >= 0.3 is 11.9 Å². The molecule has 0 aliphatic carbocycles. The monoisotopic (exact) mass is 403 g/mol. The number of hydrogen-bond donors (Lipinski definition) is 0. The van der Waals surface area contributed by atoms with Gasteiger partial charge in [0.05, 0.1) is 5.57 Å². The lowest BCUT2D eigenvalue weighted by molar-refractivity contribution is -0.158. The third kappa shape index (κ3) is 5.75. The van der Waals surface area contributed by atoms with Gasteiger partial charge < -0.3 is 9.47 Å². The van der Waals surface area contributed by atoms with E-state index in [1.54, 1.807) is 67.5 Å². The molecule has 1 heterocycles. The molecular weight excluding hydrogens is 373 g/mol. The molecule has 1 aromatic rings. The van der Waals surface area contributed by atoms with E-state index in [2.05, 4.69) is 4.99 Å². The van der Waals surface area contributed by atoms with Crippen LogP contribution in [0.1, 0.15) is 66.9 Å². The Bertz CT molecular complexity index is 872. The van der Waals surface area contributed by atoms with Crippen LogP contribution in [0.3, 0.4) is 0 Å². The van der Waals surface area contributed by atoms with Crippen molar-refractivity contribution in [2.45, 2.75) is 72.5 Å². The quantitative estimate of drug-likeness (QED) is 0.669. The molecule has 1 aliphatic rings. The summed E-state index contributed by atoms with van der Waals surface area (Å²) in [6.07, 6.45) is 0. The van der Waals surface area contributed by atoms with Crippen molar-refractivity contribution in [1.29, 1.82) is 0 Å². The highest BCUT2D eigenvalue weighted by Crippen LogP contribution is 2.41. The van der Waals surface area contributed by atoms with E-state index >= 15 is 0 Å². The molecule has 0 bridgehead atoms. The number of hydrogen-bond acceptors (Lipinski definition) is 5. The molecule has 158 valence electrons. The second-order valence-corrected chi connectivity index (χ2v) is 9.30. The lowest BCUT2D eigenvalue weighted by Crippen LogP contribution is -2.40. The summed E-state index contributed by atoms with van der Waals surface area (Å²) in [6, 6.07) is 5.90. The number of carbonyl (C=O) groups excluding carboxylic acids is 2. The number of carbonyl (C=O) groups is 2. The molecule has 0 amide bonds. The number of benzene rings is 1. The van der Waals surface area contributed by atoms with Crippen molar-refractivity contribution < 1.29 is 23.5 Å². The fourth-order valence-electron chi connectivity index (χ4n) is 3.37. The van der Waals surface area contributed by atoms with Gasteiger partial charge in [-0.15, -0.1) is 0 Å². The topological polar surface area (TPSA) is 65.0 Å². The predicted octanol–water partition coefficient (Wildman–Crippen LogP) is 4.96. The minimum atomic E-state index is -0.859. The minimum Gasteiger partial charge on any atom is -0.459 e. The molecule has 0 aromatic heterocycles. The smallest absolute Gasteiger partial charge is 0.337 e. The Morgan fingerprint density at radius 3 is 2.10 bits per heavy atom. The van der Waals surface area contributed by atoms with Gasteiger partial charge in [-0.25, -0.2) is 9.18 Å². The zero-order chi connectivity index (χ0) is 22.1. The molecule has 2 rings (SSSR count). The van der Waals surface area contributed by atoms with E-state index in [9.17, 15) is 14.0 Å². The molecule has 0 spiro atoms. The van der Waals surface area contributed by atoms with E-state index in [0.717, 1.165) is 0 Å². The molecular formula is C23H30FNO4. The summed E-state index contributed by atoms with van der Waals surface area (Å²) in [5.41, 5.74) is 0.257. The third-order valence-electron chi connectivity index (χ3n) is 4.32. The van der Waals surface area contributed by atoms with Crippen molar-refractivity contribution in [3.63, 3.8) is 0 Å². The lowest BCUT2D eigenvalue weighted by Gasteiger charge is -2.34. The molecule has 6 heteroatoms. The number of nitrogens with zero attached hydrogens (tertiary/aromatic N) is 1. The van der Waals surface area contributed by atoms with Crippen molar-refractivity contribution >= 4 is 17.7 Å². The lowest BCUT2D eigenvalue weighted by atomic mass is 9.75. The second kappa shape index (κ2) is 8.09. The summed E-state index contributed by atoms with van der Waals surface area (Å²) in [5.74, 6) is -3.16. The average molecular weight is 403 g/mol. The first-order chi connectivity index (χ1) is 13.2. The summed E-state index contributed by atoms with van der Waals surface area (Å²) in [5, 5.41) is 0. The maximum absolute atomic E-state index is 14.0. The van der Waals surface area contributed by atoms with E-state index in [4.69, 9.17) is 9.47 Å². The zero-order valence-corrected chi connectivity index (χ0v) is 18.4. The first kappa shape index (κ1) is 22.8. The Labute approximate surface area is 172 Å². The van der Waals surface area contributed by atoms with Crippen LogP contribution in [0, 0.1) is 11.7 Å². The van der Waals surface area contributed by atoms with Gasteiger partial charge in [0.1, 0.15) is 22.9 Å². The zero-order valence-electron chi connectivity index (χ0n) is 18.4. The van der Waals surface area contributed by atoms with E-state index in [0.29, 0.717) is 17.0 Å². The predicted molar refractivity (Wildman–Crippen MR) is 110 cm³/mol. The highest BCUT2D eigenvalue weighted by molar-refractivity contribution is 6.07. The average Bonchev–Trinajstić information content (AvgIpc) is 2.50. The molecule has 0 N–H and O–H groups in total. The highest BCUT2D eigenvalue weighted by Gasteiger charge is 2.44. The largest absolute Gasteiger partial charge is 0.459 e. The van der Waals surface area contributed by atoms with Crippen LogP contribution in [-0.4, -0.2) is 28.9 Å². The van der Waals surface area contributed by atoms with Crippen molar-refractivity contribution in [2.75, 3.05) is 0 Å². The van der Waals surface area contributed by atoms with Gasteiger partial charge in [0.25, 0.3) is 0 Å². The Hall–Kier alpha value is -2.50. The van der Waals surface area contributed by atoms with Crippen LogP contribution in [0.5, 0.6) is 0 Å². The standard InChI is InChI=1S/C23H30FNO4/c1-13-17(20(26)28-22(3,4)5)19(15-10-9-11-16(24)12-15)18(14(2)25-13)21(27)29-23(6,7)8/h9-12,17,19H,1-8H3. The third-order valence-corrected chi connectivity index (χ3v) is 4.32. The number of esters is 2. The molecule has 0 radical (unpaired) electrons. The fourth-order valence-corrected chi connectivity index (χ4v) is 3.37. The van der Waals surface area contributed by atoms with Crippen molar-refractivity contribution in [1.82, 2.24) is 0 Å². The Morgan fingerprint density at radius 1 is 1.00 bits per heavy atom. The van der Waals surface area contributed by atoms with Crippen molar-refractivity contribution in [3.05, 3.63) is 46.9 Å². The van der Waals surface area contributed by atoms with Crippen LogP contribution in [0.15, 0.2) is 40.5 Å². The normalized spacial score (nSPS) is 20.2. The molecule has 2 atom stereocenters. The minimum absolute atomic E-state index is 0.243. The van der Waals surface area contributed by atoms with Gasteiger partial charge in [-0.2, -0.15) is 0 Å². The molecule has 1 aromatic carbocycles. The van der Waals surface area contributed by atoms with Crippen LogP contribution in [0.2, 0.25) is 0 Å². The molecule has 29 heavy (non-hydrogen) atoms. The Balaban J connectivity index is 2.64. The number of ether oxygens (including phenoxy) is 2. The molecule has 0 saturated heterocycles. The van der Waals surface area contributed by atoms with Crippen LogP contribution >= 0.6 is 0 Å². The number of halogens is 1. The van der Waals surface area contributed by atoms with Crippen LogP contribution in [-0.2, 0) is 19.1 Å². The fraction of sp³-hybridized carbons (Fsp3) is 0.522. The van der Waals surface area contributed by atoms with E-state index < -0.39 is 40.8 Å². The van der Waals surface area contributed by atoms with Crippen molar-refractivity contribution in [3.8, 4) is 0 Å². The van der Waals surface area contributed by atoms with Crippen LogP contribution in [0.25, 0.3) is 0 Å². The molecule has 0 fully saturated rings. The van der Waals surface area contributed by atoms with E-state index in [-0.39, 0.29) is 5.57 Å². The SMILES string of the molecule is CC1=NC(C)=C(C(=O)OC(C)(C)C)C(c2cccc(F)c2)C1C(=O)OC(C)(C)C. The van der Waals surface area contributed by atoms with Crippen molar-refractivity contribution in [2.24, 2.45) is 10.9 Å². The molecule has 1 aliphatic heterocycles. The van der Waals surface area contributed by atoms with Gasteiger partial charge in [-0.3, -0.25) is 9.79 Å². The highest BCUT2D eigenvalue weighted by atomic mass is 19.1. The number of rotatable bonds is 3. The molecule has 2 unspecified atom stereocenters. The number of allylic oxidation sites excluding steroid dienone is 1. The summed E-state index contributed by atoms with van der Waals surface area (Å²) in [4.78, 5) is 30.6. The second-order valence-electron chi connectivity index (χ2n) is 9.30. The van der Waals surface area contributed by atoms with E-state index in [1.807, 2.05) is 0 Å². The van der Waals surface area contributed by atoms with E-state index in [1.165, 1.54) is 12.1 Å². The summed E-state index contributed by atoms with van der Waals surface area (Å²) in [7, 11) is 0. The maximum atomic E-state index is 14.0. The van der Waals surface area contributed by atoms with Crippen LogP contribution < -0.4 is 0 Å². The first-order valence-electron chi connectivity index (χ1n) is 9.67. The summed E-state index contributed by atoms with van der Waals surface area (Å²) < 4.78 is 25.2. The number of aliphatic imine (C=N–C) groups is 1. The molecule has 5 nitrogen and oxygen atoms in total. The first-order valence-corrected chi connectivity index (χ1v) is 9.67. The summed E-state index contributed by atoms with van der Waals surface area (Å²) in [6.45, 7) is 14.0. The van der Waals surface area contributed by atoms with Gasteiger partial charge in [-0.1, -0.05) is 12.1 Å². The van der Waals surface area contributed by atoms with Gasteiger partial charge in [-0.05, 0) is 73.1 Å². The Morgan fingerprint density at radius 2 is 1.59 bits per heavy atom. The van der Waals surface area contributed by atoms with Gasteiger partial charge in [0.15, 0.2) is 0 Å². The van der Waals surface area contributed by atoms with Gasteiger partial charge in [0.2, 0.25) is 0 Å². The summed E-state index contributed by atoms with van der Waals surface area (Å²) >= 11 is 0.